The molecule has 0 spiro atoms. The lowest BCUT2D eigenvalue weighted by molar-refractivity contribution is 0.392. The van der Waals surface area contributed by atoms with Gasteiger partial charge in [-0.25, -0.2) is 0 Å². The first-order valence-electron chi connectivity index (χ1n) is 6.17. The van der Waals surface area contributed by atoms with Gasteiger partial charge in [0.2, 0.25) is 0 Å². The predicted molar refractivity (Wildman–Crippen MR) is 70.2 cm³/mol. The van der Waals surface area contributed by atoms with Gasteiger partial charge in [0.15, 0.2) is 0 Å². The average molecular weight is 222 g/mol. The van der Waals surface area contributed by atoms with E-state index in [1.807, 2.05) is 6.26 Å². The van der Waals surface area contributed by atoms with E-state index in [2.05, 4.69) is 55.4 Å². The Labute approximate surface area is 100 Å². The molecule has 92 valence electrons. The maximum atomic E-state index is 5.85. The zero-order valence-corrected chi connectivity index (χ0v) is 12.1. The molecule has 1 aromatic heterocycles. The van der Waals surface area contributed by atoms with Crippen molar-refractivity contribution in [3.05, 3.63) is 23.2 Å². The van der Waals surface area contributed by atoms with Crippen LogP contribution < -0.4 is 0 Å². The number of furan rings is 1. The molecule has 0 saturated heterocycles. The number of hydrogen-bond donors (Lipinski definition) is 0. The van der Waals surface area contributed by atoms with Crippen LogP contribution in [0.25, 0.3) is 0 Å². The first-order chi connectivity index (χ1) is 7.05. The Bertz CT molecular complexity index is 356. The highest BCUT2D eigenvalue weighted by Gasteiger charge is 2.32. The molecule has 16 heavy (non-hydrogen) atoms. The average Bonchev–Trinajstić information content (AvgIpc) is 2.43. The quantitative estimate of drug-likeness (QED) is 0.652. The van der Waals surface area contributed by atoms with Gasteiger partial charge >= 0.3 is 0 Å². The van der Waals surface area contributed by atoms with Crippen molar-refractivity contribution in [2.24, 2.45) is 0 Å². The largest absolute Gasteiger partial charge is 0.468 e. The predicted octanol–water partition coefficient (Wildman–Crippen LogP) is 5.00. The van der Waals surface area contributed by atoms with Gasteiger partial charge in [-0.05, 0) is 16.9 Å². The van der Waals surface area contributed by atoms with Gasteiger partial charge in [-0.1, -0.05) is 55.4 Å². The second-order valence-corrected chi connectivity index (χ2v) is 7.05. The van der Waals surface area contributed by atoms with Gasteiger partial charge in [0, 0.05) is 11.0 Å². The van der Waals surface area contributed by atoms with Crippen LogP contribution in [0.5, 0.6) is 0 Å². The van der Waals surface area contributed by atoms with E-state index in [9.17, 15) is 0 Å². The normalized spacial score (nSPS) is 13.6. The van der Waals surface area contributed by atoms with Gasteiger partial charge in [-0.3, -0.25) is 0 Å². The Balaban J connectivity index is 3.44. The summed E-state index contributed by atoms with van der Waals surface area (Å²) in [6.45, 7) is 17.9. The minimum absolute atomic E-state index is 0.0791. The lowest BCUT2D eigenvalue weighted by Crippen LogP contribution is -2.21. The molecule has 1 nitrogen and oxygen atoms in total. The third-order valence-corrected chi connectivity index (χ3v) is 2.87. The third-order valence-electron chi connectivity index (χ3n) is 2.87. The van der Waals surface area contributed by atoms with E-state index < -0.39 is 0 Å². The summed E-state index contributed by atoms with van der Waals surface area (Å²) in [5.74, 6) is 1.66. The maximum absolute atomic E-state index is 5.85. The summed E-state index contributed by atoms with van der Waals surface area (Å²) in [4.78, 5) is 0. The summed E-state index contributed by atoms with van der Waals surface area (Å²) >= 11 is 0. The van der Waals surface area contributed by atoms with Crippen LogP contribution in [0.3, 0.4) is 0 Å². The third kappa shape index (κ3) is 2.50. The molecular weight excluding hydrogens is 196 g/mol. The zero-order valence-electron chi connectivity index (χ0n) is 12.1. The standard InChI is InChI=1S/C15H26O/c1-10(2)11-9-16-13(15(6,7)8)12(11)14(3,4)5/h9-10H,1-8H3. The molecule has 1 rings (SSSR count). The fourth-order valence-electron chi connectivity index (χ4n) is 2.12. The first-order valence-corrected chi connectivity index (χ1v) is 6.17. The van der Waals surface area contributed by atoms with Gasteiger partial charge in [-0.2, -0.15) is 0 Å². The summed E-state index contributed by atoms with van der Waals surface area (Å²) in [7, 11) is 0. The molecule has 0 aliphatic carbocycles. The summed E-state index contributed by atoms with van der Waals surface area (Å²) in [6.07, 6.45) is 1.95. The molecule has 0 radical (unpaired) electrons. The Hall–Kier alpha value is -0.720. The summed E-state index contributed by atoms with van der Waals surface area (Å²) < 4.78 is 5.85. The lowest BCUT2D eigenvalue weighted by atomic mass is 9.76. The molecule has 0 bridgehead atoms. The van der Waals surface area contributed by atoms with Crippen LogP contribution in [0.1, 0.15) is 78.2 Å². The van der Waals surface area contributed by atoms with E-state index in [1.165, 1.54) is 11.1 Å². The summed E-state index contributed by atoms with van der Waals surface area (Å²) in [5.41, 5.74) is 2.98. The lowest BCUT2D eigenvalue weighted by Gasteiger charge is -2.27. The number of hydrogen-bond acceptors (Lipinski definition) is 1. The monoisotopic (exact) mass is 222 g/mol. The Morgan fingerprint density at radius 3 is 1.75 bits per heavy atom. The molecule has 0 saturated carbocycles. The van der Waals surface area contributed by atoms with Crippen molar-refractivity contribution in [1.82, 2.24) is 0 Å². The molecule has 0 aliphatic heterocycles. The minimum Gasteiger partial charge on any atom is -0.468 e. The fraction of sp³-hybridized carbons (Fsp3) is 0.733. The van der Waals surface area contributed by atoms with Crippen LogP contribution in [0, 0.1) is 0 Å². The van der Waals surface area contributed by atoms with Crippen LogP contribution in [-0.4, -0.2) is 0 Å². The molecule has 0 N–H and O–H groups in total. The molecule has 1 heteroatoms. The van der Waals surface area contributed by atoms with Crippen LogP contribution in [0.15, 0.2) is 10.7 Å². The Kier molecular flexibility index (Phi) is 3.29. The van der Waals surface area contributed by atoms with Gasteiger partial charge in [-0.15, -0.1) is 0 Å². The van der Waals surface area contributed by atoms with E-state index in [1.54, 1.807) is 0 Å². The molecule has 0 amide bonds. The van der Waals surface area contributed by atoms with Crippen LogP contribution in [0.2, 0.25) is 0 Å². The van der Waals surface area contributed by atoms with Crippen molar-refractivity contribution >= 4 is 0 Å². The summed E-state index contributed by atoms with van der Waals surface area (Å²) in [5, 5.41) is 0. The Morgan fingerprint density at radius 1 is 0.938 bits per heavy atom. The molecule has 0 fully saturated rings. The molecule has 0 atom stereocenters. The Morgan fingerprint density at radius 2 is 1.44 bits per heavy atom. The van der Waals surface area contributed by atoms with Crippen LogP contribution in [0.4, 0.5) is 0 Å². The minimum atomic E-state index is 0.0791. The van der Waals surface area contributed by atoms with Crippen molar-refractivity contribution in [3.8, 4) is 0 Å². The number of rotatable bonds is 1. The summed E-state index contributed by atoms with van der Waals surface area (Å²) in [6, 6.07) is 0. The van der Waals surface area contributed by atoms with Crippen molar-refractivity contribution in [2.45, 2.75) is 72.1 Å². The van der Waals surface area contributed by atoms with Crippen molar-refractivity contribution in [3.63, 3.8) is 0 Å². The molecule has 1 aromatic rings. The van der Waals surface area contributed by atoms with E-state index in [0.29, 0.717) is 5.92 Å². The second-order valence-electron chi connectivity index (χ2n) is 7.05. The highest BCUT2D eigenvalue weighted by Crippen LogP contribution is 2.39. The van der Waals surface area contributed by atoms with Gasteiger partial charge in [0.1, 0.15) is 5.76 Å². The van der Waals surface area contributed by atoms with Gasteiger partial charge < -0.3 is 4.42 Å². The van der Waals surface area contributed by atoms with Crippen molar-refractivity contribution in [2.75, 3.05) is 0 Å². The van der Waals surface area contributed by atoms with E-state index in [-0.39, 0.29) is 10.8 Å². The molecule has 1 heterocycles. The molecule has 0 aliphatic rings. The smallest absolute Gasteiger partial charge is 0.113 e. The van der Waals surface area contributed by atoms with E-state index >= 15 is 0 Å². The SMILES string of the molecule is CC(C)c1coc(C(C)(C)C)c1C(C)(C)C. The van der Waals surface area contributed by atoms with E-state index in [4.69, 9.17) is 4.42 Å². The molecule has 0 aromatic carbocycles. The van der Waals surface area contributed by atoms with E-state index in [0.717, 1.165) is 5.76 Å². The van der Waals surface area contributed by atoms with Crippen molar-refractivity contribution < 1.29 is 4.42 Å². The first kappa shape index (κ1) is 13.3. The fourth-order valence-corrected chi connectivity index (χ4v) is 2.12. The van der Waals surface area contributed by atoms with Gasteiger partial charge in [0.25, 0.3) is 0 Å². The van der Waals surface area contributed by atoms with Crippen LogP contribution in [-0.2, 0) is 10.8 Å². The molecule has 0 unspecified atom stereocenters. The molecular formula is C15H26O. The van der Waals surface area contributed by atoms with Crippen LogP contribution >= 0.6 is 0 Å². The highest BCUT2D eigenvalue weighted by molar-refractivity contribution is 5.39. The second kappa shape index (κ2) is 3.94. The van der Waals surface area contributed by atoms with Gasteiger partial charge in [0.05, 0.1) is 6.26 Å². The maximum Gasteiger partial charge on any atom is 0.113 e. The topological polar surface area (TPSA) is 13.1 Å². The van der Waals surface area contributed by atoms with Crippen molar-refractivity contribution in [1.29, 1.82) is 0 Å². The zero-order chi connectivity index (χ0) is 12.7. The highest BCUT2D eigenvalue weighted by atomic mass is 16.3.